The monoisotopic (exact) mass is 414 g/mol. The Morgan fingerprint density at radius 2 is 2.08 bits per heavy atom. The topological polar surface area (TPSA) is 62.2 Å². The molecule has 3 rings (SSSR count). The second-order valence-corrected chi connectivity index (χ2v) is 6.78. The van der Waals surface area contributed by atoms with Crippen molar-refractivity contribution in [2.75, 3.05) is 5.32 Å². The van der Waals surface area contributed by atoms with E-state index in [4.69, 9.17) is 5.11 Å². The maximum atomic E-state index is 12.7. The van der Waals surface area contributed by atoms with Gasteiger partial charge in [-0.15, -0.1) is 0 Å². The van der Waals surface area contributed by atoms with Gasteiger partial charge in [-0.05, 0) is 36.2 Å². The first-order valence-corrected chi connectivity index (χ1v) is 8.33. The SMILES string of the molecule is O=C(O)[C@H]1C[C@@H]1c1ccc(NCc2ccc(C(F)(F)F)c(Br)c2)cn1. The van der Waals surface area contributed by atoms with Crippen molar-refractivity contribution in [1.29, 1.82) is 0 Å². The summed E-state index contributed by atoms with van der Waals surface area (Å²) in [6.07, 6.45) is -2.18. The molecule has 2 aromatic rings. The molecule has 0 radical (unpaired) electrons. The van der Waals surface area contributed by atoms with Gasteiger partial charge in [-0.3, -0.25) is 9.78 Å². The number of anilines is 1. The van der Waals surface area contributed by atoms with Crippen LogP contribution < -0.4 is 5.32 Å². The maximum Gasteiger partial charge on any atom is 0.417 e. The molecular weight excluding hydrogens is 401 g/mol. The molecule has 1 fully saturated rings. The summed E-state index contributed by atoms with van der Waals surface area (Å²) in [4.78, 5) is 15.1. The van der Waals surface area contributed by atoms with Crippen LogP contribution in [-0.2, 0) is 17.5 Å². The molecule has 0 bridgehead atoms. The molecule has 0 aliphatic heterocycles. The van der Waals surface area contributed by atoms with Gasteiger partial charge in [0.1, 0.15) is 0 Å². The van der Waals surface area contributed by atoms with Crippen LogP contribution in [0.1, 0.15) is 29.2 Å². The van der Waals surface area contributed by atoms with E-state index in [9.17, 15) is 18.0 Å². The Balaban J connectivity index is 1.61. The summed E-state index contributed by atoms with van der Waals surface area (Å²) >= 11 is 2.95. The number of aromatic nitrogens is 1. The number of carboxylic acid groups (broad SMARTS) is 1. The molecule has 1 aromatic heterocycles. The number of alkyl halides is 3. The van der Waals surface area contributed by atoms with Crippen LogP contribution in [0.15, 0.2) is 41.0 Å². The molecule has 0 spiro atoms. The van der Waals surface area contributed by atoms with Gasteiger partial charge in [0, 0.05) is 22.6 Å². The van der Waals surface area contributed by atoms with Gasteiger partial charge in [0.15, 0.2) is 0 Å². The van der Waals surface area contributed by atoms with E-state index >= 15 is 0 Å². The van der Waals surface area contributed by atoms with Crippen molar-refractivity contribution in [3.05, 3.63) is 57.8 Å². The van der Waals surface area contributed by atoms with Crippen LogP contribution in [0, 0.1) is 5.92 Å². The van der Waals surface area contributed by atoms with Crippen molar-refractivity contribution in [2.24, 2.45) is 5.92 Å². The van der Waals surface area contributed by atoms with Crippen LogP contribution in [0.4, 0.5) is 18.9 Å². The largest absolute Gasteiger partial charge is 0.481 e. The molecule has 2 atom stereocenters. The number of pyridine rings is 1. The van der Waals surface area contributed by atoms with Gasteiger partial charge in [-0.2, -0.15) is 13.2 Å². The highest BCUT2D eigenvalue weighted by molar-refractivity contribution is 9.10. The molecule has 1 saturated carbocycles. The van der Waals surface area contributed by atoms with Crippen LogP contribution >= 0.6 is 15.9 Å². The average Bonchev–Trinajstić information content (AvgIpc) is 3.33. The number of rotatable bonds is 5. The standard InChI is InChI=1S/C17H14BrF3N2O2/c18-14-5-9(1-3-13(14)17(19,20)21)7-22-10-2-4-15(23-8-10)11-6-12(11)16(24)25/h1-5,8,11-12,22H,6-7H2,(H,24,25)/t11-,12-/m0/s1. The molecule has 2 N–H and O–H groups in total. The Morgan fingerprint density at radius 1 is 1.32 bits per heavy atom. The Morgan fingerprint density at radius 3 is 2.60 bits per heavy atom. The van der Waals surface area contributed by atoms with Crippen LogP contribution in [0.5, 0.6) is 0 Å². The highest BCUT2D eigenvalue weighted by atomic mass is 79.9. The quantitative estimate of drug-likeness (QED) is 0.746. The van der Waals surface area contributed by atoms with Crippen molar-refractivity contribution in [3.8, 4) is 0 Å². The van der Waals surface area contributed by atoms with Gasteiger partial charge >= 0.3 is 12.1 Å². The lowest BCUT2D eigenvalue weighted by Crippen LogP contribution is -2.07. The predicted octanol–water partition coefficient (Wildman–Crippen LogP) is 4.66. The number of halogens is 4. The van der Waals surface area contributed by atoms with Gasteiger partial charge in [0.2, 0.25) is 0 Å². The summed E-state index contributed by atoms with van der Waals surface area (Å²) in [6, 6.07) is 7.46. The fraction of sp³-hybridized carbons (Fsp3) is 0.294. The van der Waals surface area contributed by atoms with E-state index in [1.807, 2.05) is 0 Å². The number of benzene rings is 1. The predicted molar refractivity (Wildman–Crippen MR) is 89.2 cm³/mol. The fourth-order valence-corrected chi connectivity index (χ4v) is 3.28. The van der Waals surface area contributed by atoms with E-state index < -0.39 is 17.7 Å². The van der Waals surface area contributed by atoms with Crippen LogP contribution in [-0.4, -0.2) is 16.1 Å². The van der Waals surface area contributed by atoms with Gasteiger partial charge in [-0.1, -0.05) is 22.0 Å². The fourth-order valence-electron chi connectivity index (χ4n) is 2.63. The summed E-state index contributed by atoms with van der Waals surface area (Å²) in [6.45, 7) is 0.346. The van der Waals surface area contributed by atoms with E-state index in [2.05, 4.69) is 26.2 Å². The molecule has 0 unspecified atom stereocenters. The minimum Gasteiger partial charge on any atom is -0.481 e. The van der Waals surface area contributed by atoms with Gasteiger partial charge in [-0.25, -0.2) is 0 Å². The normalized spacial score (nSPS) is 19.5. The Labute approximate surface area is 150 Å². The summed E-state index contributed by atoms with van der Waals surface area (Å²) in [5.74, 6) is -1.19. The third-order valence-electron chi connectivity index (χ3n) is 4.11. The molecule has 0 saturated heterocycles. The summed E-state index contributed by atoms with van der Waals surface area (Å²) in [5, 5.41) is 12.0. The Hall–Kier alpha value is -2.09. The third-order valence-corrected chi connectivity index (χ3v) is 4.77. The van der Waals surface area contributed by atoms with Gasteiger partial charge < -0.3 is 10.4 Å². The number of nitrogens with one attached hydrogen (secondary N) is 1. The van der Waals surface area contributed by atoms with E-state index in [-0.39, 0.29) is 16.3 Å². The molecule has 1 aliphatic carbocycles. The lowest BCUT2D eigenvalue weighted by atomic mass is 10.1. The number of carboxylic acids is 1. The summed E-state index contributed by atoms with van der Waals surface area (Å²) in [7, 11) is 0. The zero-order valence-corrected chi connectivity index (χ0v) is 14.4. The molecule has 132 valence electrons. The zero-order valence-electron chi connectivity index (χ0n) is 12.8. The smallest absolute Gasteiger partial charge is 0.417 e. The van der Waals surface area contributed by atoms with Gasteiger partial charge in [0.05, 0.1) is 23.4 Å². The van der Waals surface area contributed by atoms with Crippen molar-refractivity contribution in [1.82, 2.24) is 4.98 Å². The first kappa shape index (κ1) is 17.7. The van der Waals surface area contributed by atoms with E-state index in [0.717, 1.165) is 11.8 Å². The Bertz CT molecular complexity index is 793. The minimum atomic E-state index is -4.39. The highest BCUT2D eigenvalue weighted by Crippen LogP contribution is 2.46. The summed E-state index contributed by atoms with van der Waals surface area (Å²) in [5.41, 5.74) is 1.44. The average molecular weight is 415 g/mol. The third kappa shape index (κ3) is 4.12. The van der Waals surface area contributed by atoms with E-state index in [1.54, 1.807) is 18.3 Å². The second kappa shape index (κ2) is 6.67. The number of nitrogens with zero attached hydrogens (tertiary/aromatic N) is 1. The summed E-state index contributed by atoms with van der Waals surface area (Å²) < 4.78 is 38.2. The zero-order chi connectivity index (χ0) is 18.2. The van der Waals surface area contributed by atoms with E-state index in [1.165, 1.54) is 12.1 Å². The first-order valence-electron chi connectivity index (χ1n) is 7.54. The molecule has 1 heterocycles. The second-order valence-electron chi connectivity index (χ2n) is 5.92. The molecule has 0 amide bonds. The maximum absolute atomic E-state index is 12.7. The van der Waals surface area contributed by atoms with Crippen molar-refractivity contribution < 1.29 is 23.1 Å². The molecule has 1 aromatic carbocycles. The van der Waals surface area contributed by atoms with Gasteiger partial charge in [0.25, 0.3) is 0 Å². The molecule has 4 nitrogen and oxygen atoms in total. The van der Waals surface area contributed by atoms with E-state index in [0.29, 0.717) is 24.2 Å². The minimum absolute atomic E-state index is 0.00113. The lowest BCUT2D eigenvalue weighted by molar-refractivity contribution is -0.139. The number of hydrogen-bond acceptors (Lipinski definition) is 3. The first-order chi connectivity index (χ1) is 11.8. The number of aliphatic carboxylic acids is 1. The Kier molecular flexibility index (Phi) is 4.73. The van der Waals surface area contributed by atoms with Crippen molar-refractivity contribution in [2.45, 2.75) is 25.1 Å². The van der Waals surface area contributed by atoms with Crippen LogP contribution in [0.25, 0.3) is 0 Å². The molecular formula is C17H14BrF3N2O2. The molecule has 1 aliphatic rings. The molecule has 25 heavy (non-hydrogen) atoms. The van der Waals surface area contributed by atoms with Crippen molar-refractivity contribution in [3.63, 3.8) is 0 Å². The lowest BCUT2D eigenvalue weighted by Gasteiger charge is -2.11. The number of hydrogen-bond donors (Lipinski definition) is 2. The van der Waals surface area contributed by atoms with Crippen LogP contribution in [0.3, 0.4) is 0 Å². The molecule has 8 heteroatoms. The highest BCUT2D eigenvalue weighted by Gasteiger charge is 2.45. The van der Waals surface area contributed by atoms with Crippen LogP contribution in [0.2, 0.25) is 0 Å². The van der Waals surface area contributed by atoms with Crippen molar-refractivity contribution >= 4 is 27.6 Å². The number of carbonyl (C=O) groups is 1.